The maximum Gasteiger partial charge on any atom is 0.586 e. The van der Waals surface area contributed by atoms with Gasteiger partial charge in [-0.3, -0.25) is 24.2 Å². The maximum atomic E-state index is 13.9. The van der Waals surface area contributed by atoms with Crippen LogP contribution in [-0.4, -0.2) is 73.7 Å². The van der Waals surface area contributed by atoms with Gasteiger partial charge in [0.2, 0.25) is 23.6 Å². The number of ether oxygens (including phenoxy) is 2. The van der Waals surface area contributed by atoms with E-state index < -0.39 is 41.7 Å². The predicted molar refractivity (Wildman–Crippen MR) is 240 cm³/mol. The number of rotatable bonds is 18. The number of halogens is 2. The number of aromatic hydroxyl groups is 1. The van der Waals surface area contributed by atoms with Gasteiger partial charge in [-0.25, -0.2) is 4.98 Å². The van der Waals surface area contributed by atoms with Crippen molar-refractivity contribution in [2.75, 3.05) is 6.54 Å². The largest absolute Gasteiger partial charge is 0.586 e. The number of amides is 4. The van der Waals surface area contributed by atoms with Gasteiger partial charge in [0.25, 0.3) is 0 Å². The number of alkyl halides is 2. The average Bonchev–Trinajstić information content (AvgIpc) is 3.97. The smallest absolute Gasteiger partial charge is 0.505 e. The number of thiazole rings is 1. The number of nitrogens with two attached hydrogens (primary N) is 1. The van der Waals surface area contributed by atoms with Crippen LogP contribution in [0.1, 0.15) is 99.2 Å². The Balaban J connectivity index is 0.909. The van der Waals surface area contributed by atoms with Gasteiger partial charge in [0.1, 0.15) is 17.3 Å². The summed E-state index contributed by atoms with van der Waals surface area (Å²) in [5.74, 6) is -2.62. The number of hydrogen-bond acceptors (Lipinski definition) is 11. The van der Waals surface area contributed by atoms with Gasteiger partial charge in [-0.1, -0.05) is 63.1 Å². The van der Waals surface area contributed by atoms with E-state index in [-0.39, 0.29) is 67.3 Å². The van der Waals surface area contributed by atoms with E-state index in [1.54, 1.807) is 29.0 Å². The lowest BCUT2D eigenvalue weighted by Gasteiger charge is -2.31. The highest BCUT2D eigenvalue weighted by atomic mass is 32.1. The van der Waals surface area contributed by atoms with E-state index in [9.17, 15) is 38.2 Å². The fourth-order valence-corrected chi connectivity index (χ4v) is 9.62. The van der Waals surface area contributed by atoms with Gasteiger partial charge in [-0.15, -0.1) is 20.1 Å². The van der Waals surface area contributed by atoms with Crippen molar-refractivity contribution in [1.29, 1.82) is 0 Å². The molecule has 5 aromatic rings. The van der Waals surface area contributed by atoms with Crippen molar-refractivity contribution < 1.29 is 47.6 Å². The molecule has 0 spiro atoms. The number of carbonyl (C=O) groups is 4. The molecule has 344 valence electrons. The van der Waals surface area contributed by atoms with Gasteiger partial charge in [0, 0.05) is 55.4 Å². The molecule has 1 fully saturated rings. The minimum absolute atomic E-state index is 0.0271. The summed E-state index contributed by atoms with van der Waals surface area (Å²) in [6, 6.07) is 15.5. The zero-order chi connectivity index (χ0) is 46.6. The van der Waals surface area contributed by atoms with Crippen molar-refractivity contribution in [2.24, 2.45) is 17.1 Å². The normalized spacial score (nSPS) is 17.5. The summed E-state index contributed by atoms with van der Waals surface area (Å²) in [6.45, 7) is 7.82. The minimum Gasteiger partial charge on any atom is -0.505 e. The lowest BCUT2D eigenvalue weighted by atomic mass is 9.77. The van der Waals surface area contributed by atoms with Gasteiger partial charge in [0.15, 0.2) is 11.5 Å². The number of likely N-dealkylation sites (tertiary alicyclic amines) is 1. The molecule has 4 atom stereocenters. The number of pyridine rings is 1. The van der Waals surface area contributed by atoms with E-state index in [0.29, 0.717) is 54.1 Å². The van der Waals surface area contributed by atoms with Gasteiger partial charge in [-0.05, 0) is 85.0 Å². The Hall–Kier alpha value is -6.20. The first-order valence-electron chi connectivity index (χ1n) is 21.7. The van der Waals surface area contributed by atoms with Crippen LogP contribution in [-0.2, 0) is 25.7 Å². The first kappa shape index (κ1) is 46.8. The third kappa shape index (κ3) is 11.2. The Bertz CT molecular complexity index is 2570. The number of phenols is 1. The van der Waals surface area contributed by atoms with Crippen molar-refractivity contribution >= 4 is 45.9 Å². The van der Waals surface area contributed by atoms with Crippen molar-refractivity contribution in [3.05, 3.63) is 100 Å². The third-order valence-electron chi connectivity index (χ3n) is 12.1. The predicted octanol–water partition coefficient (Wildman–Crippen LogP) is 7.34. The van der Waals surface area contributed by atoms with Crippen LogP contribution in [0.25, 0.3) is 21.3 Å². The highest BCUT2D eigenvalue weighted by molar-refractivity contribution is 7.13. The number of phenolic OH excluding ortho intramolecular Hbond substituents is 1. The van der Waals surface area contributed by atoms with Crippen LogP contribution in [0.2, 0.25) is 0 Å². The molecule has 14 nitrogen and oxygen atoms in total. The molecule has 7 rings (SSSR count). The van der Waals surface area contributed by atoms with E-state index in [1.165, 1.54) is 29.3 Å². The number of unbranched alkanes of at least 4 members (excludes halogenated alkanes) is 2. The van der Waals surface area contributed by atoms with Crippen molar-refractivity contribution in [3.63, 3.8) is 0 Å². The number of aromatic nitrogens is 2. The standard InChI is InChI=1S/C48H54F2N6O8S/c1-27-19-35(43(60)42-34(27)10-8-18-52-42)41(31-16-17-37-38(20-31)64-48(49,50)63-37)55-39(58)11-7-5-6-9-32(45(51)61)22-47(3,4)23-40(59)56-25-33(57)21-36(56)46(62)53-24-29-12-14-30(15-13-29)44-28(2)54-26-65-44/h8,10,12-20,26,32-33,36,41,57,60H,5-7,9,11,21-25H2,1-4H3,(H2,51,61)(H,53,62)(H,55,58)/t32?,33-,36-,41?/m1/s1. The number of aryl methyl sites for hydroxylation is 2. The van der Waals surface area contributed by atoms with Crippen molar-refractivity contribution in [3.8, 4) is 27.7 Å². The highest BCUT2D eigenvalue weighted by Crippen LogP contribution is 2.44. The summed E-state index contributed by atoms with van der Waals surface area (Å²) in [7, 11) is 0. The molecule has 1 saturated heterocycles. The van der Waals surface area contributed by atoms with Gasteiger partial charge >= 0.3 is 6.29 Å². The third-order valence-corrected chi connectivity index (χ3v) is 13.1. The fourth-order valence-electron chi connectivity index (χ4n) is 8.81. The lowest BCUT2D eigenvalue weighted by molar-refractivity contribution is -0.286. The summed E-state index contributed by atoms with van der Waals surface area (Å²) >= 11 is 1.56. The Labute approximate surface area is 379 Å². The number of primary amides is 1. The first-order valence-corrected chi connectivity index (χ1v) is 22.6. The molecule has 4 heterocycles. The van der Waals surface area contributed by atoms with Crippen LogP contribution >= 0.6 is 11.3 Å². The second kappa shape index (κ2) is 19.5. The number of benzene rings is 3. The molecular formula is C48H54F2N6O8S. The fraction of sp³-hybridized carbons (Fsp3) is 0.417. The molecule has 0 saturated carbocycles. The van der Waals surface area contributed by atoms with Gasteiger partial charge < -0.3 is 41.0 Å². The lowest BCUT2D eigenvalue weighted by Crippen LogP contribution is -2.46. The zero-order valence-electron chi connectivity index (χ0n) is 36.7. The molecule has 2 aromatic heterocycles. The number of nitrogens with one attached hydrogen (secondary N) is 2. The molecule has 4 amide bonds. The molecule has 65 heavy (non-hydrogen) atoms. The van der Waals surface area contributed by atoms with Crippen LogP contribution in [0.4, 0.5) is 8.78 Å². The van der Waals surface area contributed by atoms with E-state index in [4.69, 9.17) is 5.73 Å². The molecule has 2 unspecified atom stereocenters. The second-order valence-corrected chi connectivity index (χ2v) is 18.6. The van der Waals surface area contributed by atoms with E-state index in [1.807, 2.05) is 58.0 Å². The van der Waals surface area contributed by atoms with E-state index >= 15 is 0 Å². The summed E-state index contributed by atoms with van der Waals surface area (Å²) in [5.41, 5.74) is 11.7. The molecular weight excluding hydrogens is 859 g/mol. The number of carbonyl (C=O) groups excluding carboxylic acids is 4. The Morgan fingerprint density at radius 3 is 2.49 bits per heavy atom. The van der Waals surface area contributed by atoms with Crippen LogP contribution in [0.15, 0.2) is 72.4 Å². The molecule has 2 aliphatic rings. The number of aliphatic hydroxyl groups excluding tert-OH is 1. The summed E-state index contributed by atoms with van der Waals surface area (Å²) in [4.78, 5) is 64.5. The number of hydrogen-bond donors (Lipinski definition) is 5. The summed E-state index contributed by atoms with van der Waals surface area (Å²) in [5, 5.41) is 28.5. The summed E-state index contributed by atoms with van der Waals surface area (Å²) in [6.07, 6.45) is -0.600. The minimum atomic E-state index is -3.84. The first-order chi connectivity index (χ1) is 30.9. The Morgan fingerprint density at radius 2 is 1.77 bits per heavy atom. The van der Waals surface area contributed by atoms with Gasteiger partial charge in [0.05, 0.1) is 28.2 Å². The number of aliphatic hydroxyl groups is 1. The highest BCUT2D eigenvalue weighted by Gasteiger charge is 2.44. The zero-order valence-corrected chi connectivity index (χ0v) is 37.6. The van der Waals surface area contributed by atoms with Crippen molar-refractivity contribution in [1.82, 2.24) is 25.5 Å². The Morgan fingerprint density at radius 1 is 1.02 bits per heavy atom. The van der Waals surface area contributed by atoms with E-state index in [0.717, 1.165) is 27.3 Å². The Kier molecular flexibility index (Phi) is 14.0. The SMILES string of the molecule is Cc1ncsc1-c1ccc(CNC(=O)[C@H]2C[C@@H](O)CN2C(=O)CC(C)(C)CC(CCCCCC(=O)NC(c2ccc3c(c2)OC(F)(F)O3)c2cc(C)c3cccnc3c2O)C(N)=O)cc1. The van der Waals surface area contributed by atoms with Crippen LogP contribution in [0, 0.1) is 25.2 Å². The molecule has 2 aliphatic heterocycles. The summed E-state index contributed by atoms with van der Waals surface area (Å²) < 4.78 is 37.1. The van der Waals surface area contributed by atoms with Crippen LogP contribution in [0.3, 0.4) is 0 Å². The molecule has 0 aliphatic carbocycles. The average molecular weight is 913 g/mol. The number of nitrogens with zero attached hydrogens (tertiary/aromatic N) is 3. The molecule has 3 aromatic carbocycles. The van der Waals surface area contributed by atoms with Crippen LogP contribution in [0.5, 0.6) is 17.2 Å². The second-order valence-electron chi connectivity index (χ2n) is 17.8. The molecule has 6 N–H and O–H groups in total. The maximum absolute atomic E-state index is 13.9. The topological polar surface area (TPSA) is 206 Å². The molecule has 0 radical (unpaired) electrons. The van der Waals surface area contributed by atoms with Crippen LogP contribution < -0.4 is 25.8 Å². The number of β-amino-alcohol motifs (C(OH)–C–C–N with tert-alkyl or cyclic N) is 1. The van der Waals surface area contributed by atoms with Gasteiger partial charge in [-0.2, -0.15) is 0 Å². The monoisotopic (exact) mass is 912 g/mol. The van der Waals surface area contributed by atoms with Crippen molar-refractivity contribution in [2.45, 2.75) is 110 Å². The quantitative estimate of drug-likeness (QED) is 0.0553. The van der Waals surface area contributed by atoms with E-state index in [2.05, 4.69) is 30.1 Å². The number of fused-ring (bicyclic) bond motifs is 2. The molecule has 0 bridgehead atoms. The molecule has 17 heteroatoms.